The molecule has 6 heteroatoms. The number of piperidine rings is 1. The Bertz CT molecular complexity index is 400. The third-order valence-corrected chi connectivity index (χ3v) is 3.79. The predicted octanol–water partition coefficient (Wildman–Crippen LogP) is 0.669. The van der Waals surface area contributed by atoms with Gasteiger partial charge in [-0.2, -0.15) is 0 Å². The second-order valence-corrected chi connectivity index (χ2v) is 5.07. The van der Waals surface area contributed by atoms with E-state index in [0.717, 1.165) is 24.9 Å². The molecule has 80 valence electrons. The van der Waals surface area contributed by atoms with E-state index in [9.17, 15) is 4.79 Å². The van der Waals surface area contributed by atoms with Crippen molar-refractivity contribution in [3.8, 4) is 0 Å². The van der Waals surface area contributed by atoms with Crippen molar-refractivity contribution >= 4 is 21.8 Å². The Morgan fingerprint density at radius 2 is 2.13 bits per heavy atom. The lowest BCUT2D eigenvalue weighted by Crippen LogP contribution is -2.32. The van der Waals surface area contributed by atoms with Crippen LogP contribution in [0.5, 0.6) is 0 Å². The van der Waals surface area contributed by atoms with Gasteiger partial charge < -0.3 is 4.90 Å². The van der Waals surface area contributed by atoms with Crippen LogP contribution in [0.3, 0.4) is 0 Å². The molecule has 3 rings (SSSR count). The number of amides is 1. The number of likely N-dealkylation sites (tertiary alicyclic amines) is 1. The molecular weight excluding hydrogens is 260 g/mol. The molecule has 2 heterocycles. The fourth-order valence-electron chi connectivity index (χ4n) is 2.27. The van der Waals surface area contributed by atoms with Crippen LogP contribution < -0.4 is 0 Å². The van der Waals surface area contributed by atoms with Crippen LogP contribution in [-0.2, 0) is 7.05 Å². The highest BCUT2D eigenvalue weighted by atomic mass is 79.9. The molecule has 15 heavy (non-hydrogen) atoms. The molecule has 2 atom stereocenters. The van der Waals surface area contributed by atoms with Crippen molar-refractivity contribution in [1.82, 2.24) is 19.9 Å². The quantitative estimate of drug-likeness (QED) is 0.754. The van der Waals surface area contributed by atoms with Gasteiger partial charge in [0.25, 0.3) is 5.91 Å². The van der Waals surface area contributed by atoms with E-state index < -0.39 is 0 Å². The molecule has 2 aliphatic rings. The molecule has 2 unspecified atom stereocenters. The molecule has 0 radical (unpaired) electrons. The SMILES string of the molecule is Cn1nnc(Br)c1C(=O)N1CC2CC2C1. The number of aromatic nitrogens is 3. The maximum absolute atomic E-state index is 12.1. The molecule has 0 aromatic carbocycles. The minimum Gasteiger partial charge on any atom is -0.337 e. The lowest BCUT2D eigenvalue weighted by molar-refractivity contribution is 0.0763. The zero-order valence-electron chi connectivity index (χ0n) is 8.35. The Hall–Kier alpha value is -0.910. The fourth-order valence-corrected chi connectivity index (χ4v) is 2.77. The molecular formula is C9H11BrN4O. The van der Waals surface area contributed by atoms with Gasteiger partial charge in [-0.15, -0.1) is 5.10 Å². The van der Waals surface area contributed by atoms with E-state index in [-0.39, 0.29) is 5.91 Å². The summed E-state index contributed by atoms with van der Waals surface area (Å²) in [4.78, 5) is 14.0. The third kappa shape index (κ3) is 1.39. The zero-order valence-corrected chi connectivity index (χ0v) is 9.94. The van der Waals surface area contributed by atoms with Gasteiger partial charge in [0.15, 0.2) is 10.3 Å². The van der Waals surface area contributed by atoms with Crippen LogP contribution >= 0.6 is 15.9 Å². The first-order valence-electron chi connectivity index (χ1n) is 5.01. The fraction of sp³-hybridized carbons (Fsp3) is 0.667. The first-order valence-corrected chi connectivity index (χ1v) is 5.80. The van der Waals surface area contributed by atoms with Crippen LogP contribution in [0, 0.1) is 11.8 Å². The van der Waals surface area contributed by atoms with Gasteiger partial charge in [-0.05, 0) is 34.2 Å². The predicted molar refractivity (Wildman–Crippen MR) is 56.2 cm³/mol. The second kappa shape index (κ2) is 3.04. The van der Waals surface area contributed by atoms with Crippen molar-refractivity contribution in [2.45, 2.75) is 6.42 Å². The van der Waals surface area contributed by atoms with Crippen LogP contribution in [0.1, 0.15) is 16.9 Å². The Labute approximate surface area is 95.6 Å². The van der Waals surface area contributed by atoms with Crippen LogP contribution in [0.25, 0.3) is 0 Å². The summed E-state index contributed by atoms with van der Waals surface area (Å²) in [5.41, 5.74) is 0.552. The summed E-state index contributed by atoms with van der Waals surface area (Å²) in [6.07, 6.45) is 1.30. The number of carbonyl (C=O) groups excluding carboxylic acids is 1. The van der Waals surface area contributed by atoms with Crippen LogP contribution in [0.15, 0.2) is 4.60 Å². The molecule has 5 nitrogen and oxygen atoms in total. The number of nitrogens with zero attached hydrogens (tertiary/aromatic N) is 4. The number of fused-ring (bicyclic) bond motifs is 1. The Morgan fingerprint density at radius 3 is 2.67 bits per heavy atom. The molecule has 1 aliphatic heterocycles. The minimum atomic E-state index is 0.0431. The molecule has 1 saturated carbocycles. The molecule has 1 saturated heterocycles. The number of aryl methyl sites for hydroxylation is 1. The number of hydrogen-bond donors (Lipinski definition) is 0. The number of carbonyl (C=O) groups is 1. The highest BCUT2D eigenvalue weighted by Crippen LogP contribution is 2.45. The first-order chi connectivity index (χ1) is 7.16. The molecule has 2 fully saturated rings. The van der Waals surface area contributed by atoms with Gasteiger partial charge in [-0.25, -0.2) is 4.68 Å². The molecule has 1 amide bonds. The zero-order chi connectivity index (χ0) is 10.6. The van der Waals surface area contributed by atoms with E-state index >= 15 is 0 Å². The summed E-state index contributed by atoms with van der Waals surface area (Å²) in [6.45, 7) is 1.81. The molecule has 1 aliphatic carbocycles. The van der Waals surface area contributed by atoms with Gasteiger partial charge in [0.05, 0.1) is 0 Å². The number of halogens is 1. The highest BCUT2D eigenvalue weighted by Gasteiger charge is 2.47. The lowest BCUT2D eigenvalue weighted by atomic mass is 10.3. The Balaban J connectivity index is 1.85. The average molecular weight is 271 g/mol. The van der Waals surface area contributed by atoms with Gasteiger partial charge in [-0.3, -0.25) is 4.79 Å². The van der Waals surface area contributed by atoms with E-state index in [0.29, 0.717) is 10.3 Å². The van der Waals surface area contributed by atoms with Crippen LogP contribution in [0.2, 0.25) is 0 Å². The normalized spacial score (nSPS) is 28.0. The largest absolute Gasteiger partial charge is 0.337 e. The maximum Gasteiger partial charge on any atom is 0.275 e. The van der Waals surface area contributed by atoms with Gasteiger partial charge in [0.1, 0.15) is 0 Å². The highest BCUT2D eigenvalue weighted by molar-refractivity contribution is 9.10. The van der Waals surface area contributed by atoms with E-state index in [4.69, 9.17) is 0 Å². The van der Waals surface area contributed by atoms with Crippen molar-refractivity contribution in [3.63, 3.8) is 0 Å². The third-order valence-electron chi connectivity index (χ3n) is 3.25. The number of hydrogen-bond acceptors (Lipinski definition) is 3. The van der Waals surface area contributed by atoms with E-state index in [2.05, 4.69) is 26.2 Å². The summed E-state index contributed by atoms with van der Waals surface area (Å²) in [5, 5.41) is 7.63. The topological polar surface area (TPSA) is 51.0 Å². The summed E-state index contributed by atoms with van der Waals surface area (Å²) >= 11 is 3.25. The van der Waals surface area contributed by atoms with Crippen molar-refractivity contribution in [1.29, 1.82) is 0 Å². The Kier molecular flexibility index (Phi) is 1.89. The van der Waals surface area contributed by atoms with Crippen molar-refractivity contribution in [2.24, 2.45) is 18.9 Å². The van der Waals surface area contributed by atoms with Gasteiger partial charge >= 0.3 is 0 Å². The smallest absolute Gasteiger partial charge is 0.275 e. The van der Waals surface area contributed by atoms with Crippen LogP contribution in [-0.4, -0.2) is 38.9 Å². The van der Waals surface area contributed by atoms with Crippen LogP contribution in [0.4, 0.5) is 0 Å². The number of rotatable bonds is 1. The summed E-state index contributed by atoms with van der Waals surface area (Å²) in [7, 11) is 1.74. The monoisotopic (exact) mass is 270 g/mol. The Morgan fingerprint density at radius 1 is 1.47 bits per heavy atom. The van der Waals surface area contributed by atoms with Crippen molar-refractivity contribution in [3.05, 3.63) is 10.3 Å². The average Bonchev–Trinajstić information content (AvgIpc) is 2.66. The molecule has 0 bridgehead atoms. The minimum absolute atomic E-state index is 0.0431. The summed E-state index contributed by atoms with van der Waals surface area (Å²) in [6, 6.07) is 0. The molecule has 1 aromatic rings. The van der Waals surface area contributed by atoms with E-state index in [1.54, 1.807) is 7.05 Å². The first kappa shape index (κ1) is 9.33. The van der Waals surface area contributed by atoms with Crippen molar-refractivity contribution < 1.29 is 4.79 Å². The van der Waals surface area contributed by atoms with Crippen molar-refractivity contribution in [2.75, 3.05) is 13.1 Å². The molecule has 0 spiro atoms. The molecule has 1 aromatic heterocycles. The maximum atomic E-state index is 12.1. The lowest BCUT2D eigenvalue weighted by Gasteiger charge is -2.17. The standard InChI is InChI=1S/C9H11BrN4O/c1-13-7(8(10)11-12-13)9(15)14-3-5-2-6(5)4-14/h5-6H,2-4H2,1H3. The van der Waals surface area contributed by atoms with Gasteiger partial charge in [0, 0.05) is 20.1 Å². The summed E-state index contributed by atoms with van der Waals surface area (Å²) < 4.78 is 2.06. The van der Waals surface area contributed by atoms with Gasteiger partial charge in [0.2, 0.25) is 0 Å². The van der Waals surface area contributed by atoms with E-state index in [1.807, 2.05) is 4.90 Å². The second-order valence-electron chi connectivity index (χ2n) is 4.32. The van der Waals surface area contributed by atoms with E-state index in [1.165, 1.54) is 11.1 Å². The molecule has 0 N–H and O–H groups in total. The van der Waals surface area contributed by atoms with Gasteiger partial charge in [-0.1, -0.05) is 5.21 Å². The summed E-state index contributed by atoms with van der Waals surface area (Å²) in [5.74, 6) is 1.56.